The number of carboxylic acid groups (broad SMARTS) is 1. The molecule has 1 N–H and O–H groups in total. The van der Waals surface area contributed by atoms with Gasteiger partial charge in [-0.2, -0.15) is 0 Å². The zero-order valence-electron chi connectivity index (χ0n) is 9.01. The lowest BCUT2D eigenvalue weighted by Crippen LogP contribution is -2.29. The minimum Gasteiger partial charge on any atom is -0.481 e. The van der Waals surface area contributed by atoms with Gasteiger partial charge in [0.1, 0.15) is 0 Å². The van der Waals surface area contributed by atoms with Crippen molar-refractivity contribution in [2.75, 3.05) is 13.1 Å². The van der Waals surface area contributed by atoms with Crippen molar-refractivity contribution in [3.8, 4) is 0 Å². The first-order valence-electron chi connectivity index (χ1n) is 4.99. The second-order valence-electron chi connectivity index (χ2n) is 3.36. The molecule has 1 atom stereocenters. The van der Waals surface area contributed by atoms with Gasteiger partial charge < -0.3 is 5.11 Å². The molecule has 0 aliphatic heterocycles. The molecule has 0 spiro atoms. The van der Waals surface area contributed by atoms with Crippen LogP contribution >= 0.6 is 11.3 Å². The first kappa shape index (κ1) is 12.1. The van der Waals surface area contributed by atoms with E-state index in [1.165, 1.54) is 0 Å². The molecule has 1 rings (SSSR count). The SMILES string of the molecule is CCN(CCC(=O)O)C(C)c1cscn1. The van der Waals surface area contributed by atoms with Crippen LogP contribution in [0.25, 0.3) is 0 Å². The predicted molar refractivity (Wildman–Crippen MR) is 60.0 cm³/mol. The van der Waals surface area contributed by atoms with Crippen molar-refractivity contribution in [1.29, 1.82) is 0 Å². The Hall–Kier alpha value is -0.940. The highest BCUT2D eigenvalue weighted by atomic mass is 32.1. The molecule has 0 fully saturated rings. The monoisotopic (exact) mass is 228 g/mol. The maximum absolute atomic E-state index is 10.5. The van der Waals surface area contributed by atoms with Crippen LogP contribution in [0.2, 0.25) is 0 Å². The Labute approximate surface area is 93.6 Å². The van der Waals surface area contributed by atoms with Crippen molar-refractivity contribution in [3.05, 3.63) is 16.6 Å². The van der Waals surface area contributed by atoms with E-state index in [9.17, 15) is 4.79 Å². The van der Waals surface area contributed by atoms with Crippen molar-refractivity contribution in [2.24, 2.45) is 0 Å². The summed E-state index contributed by atoms with van der Waals surface area (Å²) in [5.41, 5.74) is 2.82. The second-order valence-corrected chi connectivity index (χ2v) is 4.08. The van der Waals surface area contributed by atoms with Crippen LogP contribution in [0.4, 0.5) is 0 Å². The Morgan fingerprint density at radius 1 is 1.73 bits per heavy atom. The Balaban J connectivity index is 2.54. The highest BCUT2D eigenvalue weighted by Gasteiger charge is 2.16. The fraction of sp³-hybridized carbons (Fsp3) is 0.600. The fourth-order valence-electron chi connectivity index (χ4n) is 1.48. The molecular formula is C10H16N2O2S. The van der Waals surface area contributed by atoms with E-state index in [1.54, 1.807) is 16.8 Å². The summed E-state index contributed by atoms with van der Waals surface area (Å²) in [6.07, 6.45) is 0.183. The molecule has 0 bridgehead atoms. The summed E-state index contributed by atoms with van der Waals surface area (Å²) in [5, 5.41) is 10.6. The lowest BCUT2D eigenvalue weighted by molar-refractivity contribution is -0.137. The quantitative estimate of drug-likeness (QED) is 0.809. The molecule has 0 aliphatic carbocycles. The van der Waals surface area contributed by atoms with E-state index in [0.29, 0.717) is 6.54 Å². The van der Waals surface area contributed by atoms with Crippen LogP contribution < -0.4 is 0 Å². The molecule has 84 valence electrons. The number of thiazole rings is 1. The molecule has 1 heterocycles. The molecule has 0 aliphatic rings. The second kappa shape index (κ2) is 5.82. The number of hydrogen-bond acceptors (Lipinski definition) is 4. The molecule has 0 saturated carbocycles. The minimum absolute atomic E-state index is 0.183. The molecule has 15 heavy (non-hydrogen) atoms. The van der Waals surface area contributed by atoms with Crippen LogP contribution in [0.1, 0.15) is 32.0 Å². The van der Waals surface area contributed by atoms with E-state index in [1.807, 2.05) is 12.3 Å². The largest absolute Gasteiger partial charge is 0.481 e. The maximum Gasteiger partial charge on any atom is 0.304 e. The average molecular weight is 228 g/mol. The van der Waals surface area contributed by atoms with Crippen molar-refractivity contribution in [3.63, 3.8) is 0 Å². The summed E-state index contributed by atoms with van der Waals surface area (Å²) in [5.74, 6) is -0.751. The number of carboxylic acids is 1. The van der Waals surface area contributed by atoms with Gasteiger partial charge in [0, 0.05) is 11.9 Å². The molecule has 4 nitrogen and oxygen atoms in total. The molecule has 0 radical (unpaired) electrons. The summed E-state index contributed by atoms with van der Waals surface area (Å²) in [4.78, 5) is 16.8. The van der Waals surface area contributed by atoms with Crippen molar-refractivity contribution < 1.29 is 9.90 Å². The predicted octanol–water partition coefficient (Wildman–Crippen LogP) is 2.00. The summed E-state index contributed by atoms with van der Waals surface area (Å²) >= 11 is 1.57. The number of aliphatic carboxylic acids is 1. The van der Waals surface area contributed by atoms with E-state index < -0.39 is 5.97 Å². The van der Waals surface area contributed by atoms with Gasteiger partial charge in [-0.15, -0.1) is 11.3 Å². The number of carbonyl (C=O) groups is 1. The molecule has 1 unspecified atom stereocenters. The highest BCUT2D eigenvalue weighted by Crippen LogP contribution is 2.19. The van der Waals surface area contributed by atoms with E-state index in [2.05, 4.69) is 16.8 Å². The van der Waals surface area contributed by atoms with Crippen molar-refractivity contribution in [2.45, 2.75) is 26.3 Å². The molecule has 5 heteroatoms. The summed E-state index contributed by atoms with van der Waals surface area (Å²) in [6, 6.07) is 0.195. The Morgan fingerprint density at radius 2 is 2.47 bits per heavy atom. The summed E-state index contributed by atoms with van der Waals surface area (Å²) < 4.78 is 0. The van der Waals surface area contributed by atoms with Crippen LogP contribution in [0, 0.1) is 0 Å². The van der Waals surface area contributed by atoms with Crippen molar-refractivity contribution >= 4 is 17.3 Å². The smallest absolute Gasteiger partial charge is 0.304 e. The molecule has 0 saturated heterocycles. The molecule has 1 aromatic rings. The lowest BCUT2D eigenvalue weighted by Gasteiger charge is -2.25. The van der Waals surface area contributed by atoms with Crippen molar-refractivity contribution in [1.82, 2.24) is 9.88 Å². The van der Waals surface area contributed by atoms with E-state index in [0.717, 1.165) is 12.2 Å². The van der Waals surface area contributed by atoms with Gasteiger partial charge >= 0.3 is 5.97 Å². The lowest BCUT2D eigenvalue weighted by atomic mass is 10.2. The van der Waals surface area contributed by atoms with Crippen LogP contribution in [-0.4, -0.2) is 34.0 Å². The molecule has 0 aromatic carbocycles. The average Bonchev–Trinajstić information content (AvgIpc) is 2.70. The topological polar surface area (TPSA) is 53.4 Å². The summed E-state index contributed by atoms with van der Waals surface area (Å²) in [6.45, 7) is 5.50. The zero-order chi connectivity index (χ0) is 11.3. The number of aromatic nitrogens is 1. The van der Waals surface area contributed by atoms with E-state index in [4.69, 9.17) is 5.11 Å². The number of hydrogen-bond donors (Lipinski definition) is 1. The number of rotatable bonds is 6. The van der Waals surface area contributed by atoms with Gasteiger partial charge in [0.25, 0.3) is 0 Å². The Bertz CT molecular complexity index is 300. The third-order valence-corrected chi connectivity index (χ3v) is 3.05. The van der Waals surface area contributed by atoms with Gasteiger partial charge in [0.15, 0.2) is 0 Å². The first-order chi connectivity index (χ1) is 7.15. The molecule has 1 aromatic heterocycles. The Morgan fingerprint density at radius 3 is 2.93 bits per heavy atom. The van der Waals surface area contributed by atoms with Gasteiger partial charge in [0.2, 0.25) is 0 Å². The summed E-state index contributed by atoms with van der Waals surface area (Å²) in [7, 11) is 0. The van der Waals surface area contributed by atoms with Gasteiger partial charge in [0.05, 0.1) is 23.7 Å². The van der Waals surface area contributed by atoms with E-state index >= 15 is 0 Å². The Kier molecular flexibility index (Phi) is 4.71. The third kappa shape index (κ3) is 3.60. The van der Waals surface area contributed by atoms with Gasteiger partial charge in [-0.3, -0.25) is 9.69 Å². The van der Waals surface area contributed by atoms with Gasteiger partial charge in [-0.05, 0) is 13.5 Å². The van der Waals surface area contributed by atoms with Crippen LogP contribution in [0.3, 0.4) is 0 Å². The number of nitrogens with zero attached hydrogens (tertiary/aromatic N) is 2. The van der Waals surface area contributed by atoms with Crippen LogP contribution in [0.5, 0.6) is 0 Å². The third-order valence-electron chi connectivity index (χ3n) is 2.45. The maximum atomic E-state index is 10.5. The minimum atomic E-state index is -0.751. The van der Waals surface area contributed by atoms with E-state index in [-0.39, 0.29) is 12.5 Å². The zero-order valence-corrected chi connectivity index (χ0v) is 9.83. The van der Waals surface area contributed by atoms with Gasteiger partial charge in [-0.1, -0.05) is 6.92 Å². The highest BCUT2D eigenvalue weighted by molar-refractivity contribution is 7.07. The molecule has 0 amide bonds. The van der Waals surface area contributed by atoms with Gasteiger partial charge in [-0.25, -0.2) is 4.98 Å². The fourth-order valence-corrected chi connectivity index (χ4v) is 2.12. The first-order valence-corrected chi connectivity index (χ1v) is 5.93. The molecular weight excluding hydrogens is 212 g/mol. The van der Waals surface area contributed by atoms with Crippen LogP contribution in [0.15, 0.2) is 10.9 Å². The standard InChI is InChI=1S/C10H16N2O2S/c1-3-12(5-4-10(13)14)8(2)9-6-15-7-11-9/h6-8H,3-5H2,1-2H3,(H,13,14). The normalized spacial score (nSPS) is 13.0. The van der Waals surface area contributed by atoms with Crippen LogP contribution in [-0.2, 0) is 4.79 Å².